The lowest BCUT2D eigenvalue weighted by Crippen LogP contribution is -2.46. The van der Waals surface area contributed by atoms with Crippen molar-refractivity contribution in [3.63, 3.8) is 0 Å². The maximum absolute atomic E-state index is 12.3. The summed E-state index contributed by atoms with van der Waals surface area (Å²) in [6.45, 7) is 2.91. The van der Waals surface area contributed by atoms with E-state index in [1.165, 1.54) is 0 Å². The molecule has 0 bridgehead atoms. The third-order valence-corrected chi connectivity index (χ3v) is 5.44. The van der Waals surface area contributed by atoms with Gasteiger partial charge in [-0.25, -0.2) is 14.8 Å². The van der Waals surface area contributed by atoms with Gasteiger partial charge in [0, 0.05) is 49.4 Å². The highest BCUT2D eigenvalue weighted by molar-refractivity contribution is 6.31. The summed E-state index contributed by atoms with van der Waals surface area (Å²) in [5.74, 6) is 0.360. The summed E-state index contributed by atoms with van der Waals surface area (Å²) in [4.78, 5) is 23.2. The molecule has 2 aliphatic rings. The zero-order valence-corrected chi connectivity index (χ0v) is 15.4. The van der Waals surface area contributed by atoms with Crippen LogP contribution < -0.4 is 5.32 Å². The van der Waals surface area contributed by atoms with Crippen molar-refractivity contribution in [3.8, 4) is 0 Å². The van der Waals surface area contributed by atoms with E-state index in [1.807, 2.05) is 17.0 Å². The maximum atomic E-state index is 12.3. The van der Waals surface area contributed by atoms with Gasteiger partial charge >= 0.3 is 6.03 Å². The summed E-state index contributed by atoms with van der Waals surface area (Å²) in [6, 6.07) is 5.97. The summed E-state index contributed by atoms with van der Waals surface area (Å²) in [5.41, 5.74) is 1.77. The molecule has 2 fully saturated rings. The number of rotatable bonds is 3. The van der Waals surface area contributed by atoms with Crippen molar-refractivity contribution in [1.82, 2.24) is 20.2 Å². The Morgan fingerprint density at radius 1 is 1.31 bits per heavy atom. The Kier molecular flexibility index (Phi) is 5.22. The molecule has 4 heterocycles. The van der Waals surface area contributed by atoms with Gasteiger partial charge in [0.05, 0.1) is 11.1 Å². The van der Waals surface area contributed by atoms with E-state index in [9.17, 15) is 4.79 Å². The molecular weight excluding hydrogens is 352 g/mol. The molecule has 7 heteroatoms. The summed E-state index contributed by atoms with van der Waals surface area (Å²) in [5, 5.41) is 4.57. The highest BCUT2D eigenvalue weighted by atomic mass is 35.5. The lowest BCUT2D eigenvalue weighted by molar-refractivity contribution is 0.108. The Labute approximate surface area is 157 Å². The first-order valence-corrected chi connectivity index (χ1v) is 9.63. The molecule has 1 atom stereocenters. The van der Waals surface area contributed by atoms with Gasteiger partial charge < -0.3 is 15.0 Å². The molecule has 0 aliphatic carbocycles. The second-order valence-corrected chi connectivity index (χ2v) is 7.46. The van der Waals surface area contributed by atoms with Crippen LogP contribution in [0.1, 0.15) is 37.3 Å². The molecule has 1 N–H and O–H groups in total. The Hall–Kier alpha value is -1.92. The molecule has 0 saturated carbocycles. The second kappa shape index (κ2) is 7.76. The standard InChI is InChI=1S/C19H23ClN4O2/c20-15-10-14-3-4-17(23-18(14)21-11-15)13-5-7-24(8-6-13)19(25)22-12-16-2-1-9-26-16/h3-4,10-11,13,16H,1-2,5-9,12H2,(H,22,25). The number of nitrogens with zero attached hydrogens (tertiary/aromatic N) is 3. The molecule has 26 heavy (non-hydrogen) atoms. The maximum Gasteiger partial charge on any atom is 0.317 e. The van der Waals surface area contributed by atoms with Crippen molar-refractivity contribution in [2.45, 2.75) is 37.7 Å². The number of likely N-dealkylation sites (tertiary alicyclic amines) is 1. The average molecular weight is 375 g/mol. The number of aromatic nitrogens is 2. The number of hydrogen-bond acceptors (Lipinski definition) is 4. The van der Waals surface area contributed by atoms with Crippen LogP contribution in [-0.4, -0.2) is 53.2 Å². The van der Waals surface area contributed by atoms with Gasteiger partial charge in [-0.05, 0) is 43.9 Å². The SMILES string of the molecule is O=C(NCC1CCCO1)N1CCC(c2ccc3cc(Cl)cnc3n2)CC1. The van der Waals surface area contributed by atoms with Crippen LogP contribution in [0.4, 0.5) is 4.79 Å². The van der Waals surface area contributed by atoms with Gasteiger partial charge in [-0.3, -0.25) is 0 Å². The number of pyridine rings is 2. The summed E-state index contributed by atoms with van der Waals surface area (Å²) < 4.78 is 5.55. The minimum Gasteiger partial charge on any atom is -0.376 e. The van der Waals surface area contributed by atoms with E-state index in [1.54, 1.807) is 6.20 Å². The predicted octanol–water partition coefficient (Wildman–Crippen LogP) is 3.35. The number of urea groups is 1. The number of amides is 2. The zero-order chi connectivity index (χ0) is 17.9. The van der Waals surface area contributed by atoms with Gasteiger partial charge in [0.1, 0.15) is 0 Å². The quantitative estimate of drug-likeness (QED) is 0.894. The topological polar surface area (TPSA) is 67.3 Å². The van der Waals surface area contributed by atoms with E-state index >= 15 is 0 Å². The molecule has 1 unspecified atom stereocenters. The third-order valence-electron chi connectivity index (χ3n) is 5.24. The van der Waals surface area contributed by atoms with E-state index in [4.69, 9.17) is 21.3 Å². The highest BCUT2D eigenvalue weighted by Gasteiger charge is 2.25. The third kappa shape index (κ3) is 3.91. The van der Waals surface area contributed by atoms with Crippen LogP contribution >= 0.6 is 11.6 Å². The van der Waals surface area contributed by atoms with Gasteiger partial charge in [0.25, 0.3) is 0 Å². The molecule has 4 rings (SSSR count). The van der Waals surface area contributed by atoms with Gasteiger partial charge in [-0.1, -0.05) is 11.6 Å². The van der Waals surface area contributed by atoms with Gasteiger partial charge in [0.2, 0.25) is 0 Å². The molecule has 2 aromatic rings. The smallest absolute Gasteiger partial charge is 0.317 e. The lowest BCUT2D eigenvalue weighted by Gasteiger charge is -2.32. The first-order valence-electron chi connectivity index (χ1n) is 9.25. The molecule has 2 amide bonds. The van der Waals surface area contributed by atoms with Crippen molar-refractivity contribution in [3.05, 3.63) is 35.1 Å². The largest absolute Gasteiger partial charge is 0.376 e. The molecule has 138 valence electrons. The Balaban J connectivity index is 1.32. The lowest BCUT2D eigenvalue weighted by atomic mass is 9.93. The number of carbonyl (C=O) groups is 1. The van der Waals surface area contributed by atoms with E-state index in [-0.39, 0.29) is 12.1 Å². The fraction of sp³-hybridized carbons (Fsp3) is 0.526. The van der Waals surface area contributed by atoms with Gasteiger partial charge in [-0.15, -0.1) is 0 Å². The van der Waals surface area contributed by atoms with E-state index in [2.05, 4.69) is 16.4 Å². The zero-order valence-electron chi connectivity index (χ0n) is 14.7. The number of hydrogen-bond donors (Lipinski definition) is 1. The summed E-state index contributed by atoms with van der Waals surface area (Å²) in [6.07, 6.45) is 5.76. The summed E-state index contributed by atoms with van der Waals surface area (Å²) >= 11 is 5.98. The average Bonchev–Trinajstić information content (AvgIpc) is 3.19. The fourth-order valence-corrected chi connectivity index (χ4v) is 3.89. The molecule has 2 aliphatic heterocycles. The van der Waals surface area contributed by atoms with E-state index in [0.29, 0.717) is 17.5 Å². The number of piperidine rings is 1. The number of nitrogens with one attached hydrogen (secondary N) is 1. The molecule has 2 saturated heterocycles. The predicted molar refractivity (Wildman–Crippen MR) is 100 cm³/mol. The van der Waals surface area contributed by atoms with Crippen molar-refractivity contribution < 1.29 is 9.53 Å². The first kappa shape index (κ1) is 17.5. The van der Waals surface area contributed by atoms with Crippen molar-refractivity contribution in [1.29, 1.82) is 0 Å². The van der Waals surface area contributed by atoms with Crippen LogP contribution in [0.3, 0.4) is 0 Å². The molecule has 6 nitrogen and oxygen atoms in total. The highest BCUT2D eigenvalue weighted by Crippen LogP contribution is 2.28. The Bertz CT molecular complexity index is 786. The van der Waals surface area contributed by atoms with E-state index < -0.39 is 0 Å². The van der Waals surface area contributed by atoms with Crippen LogP contribution in [0.15, 0.2) is 24.4 Å². The van der Waals surface area contributed by atoms with Gasteiger partial charge in [-0.2, -0.15) is 0 Å². The molecular formula is C19H23ClN4O2. The summed E-state index contributed by atoms with van der Waals surface area (Å²) in [7, 11) is 0. The Morgan fingerprint density at radius 3 is 2.92 bits per heavy atom. The Morgan fingerprint density at radius 2 is 2.15 bits per heavy atom. The van der Waals surface area contributed by atoms with Crippen LogP contribution in [0.2, 0.25) is 5.02 Å². The fourth-order valence-electron chi connectivity index (χ4n) is 3.72. The minimum absolute atomic E-state index is 0.0155. The molecule has 0 aromatic carbocycles. The normalized spacial score (nSPS) is 21.3. The molecule has 0 spiro atoms. The number of halogens is 1. The van der Waals surface area contributed by atoms with Crippen molar-refractivity contribution >= 4 is 28.7 Å². The van der Waals surface area contributed by atoms with Crippen molar-refractivity contribution in [2.24, 2.45) is 0 Å². The van der Waals surface area contributed by atoms with E-state index in [0.717, 1.165) is 62.1 Å². The minimum atomic E-state index is 0.0155. The number of fused-ring (bicyclic) bond motifs is 1. The van der Waals surface area contributed by atoms with Crippen molar-refractivity contribution in [2.75, 3.05) is 26.2 Å². The van der Waals surface area contributed by atoms with Crippen LogP contribution in [-0.2, 0) is 4.74 Å². The number of carbonyl (C=O) groups excluding carboxylic acids is 1. The van der Waals surface area contributed by atoms with Gasteiger partial charge in [0.15, 0.2) is 5.65 Å². The first-order chi connectivity index (χ1) is 12.7. The monoisotopic (exact) mass is 374 g/mol. The van der Waals surface area contributed by atoms with Crippen LogP contribution in [0.25, 0.3) is 11.0 Å². The molecule has 0 radical (unpaired) electrons. The second-order valence-electron chi connectivity index (χ2n) is 7.02. The molecule has 2 aromatic heterocycles. The van der Waals surface area contributed by atoms with Crippen LogP contribution in [0.5, 0.6) is 0 Å². The van der Waals surface area contributed by atoms with Crippen LogP contribution in [0, 0.1) is 0 Å². The number of ether oxygens (including phenoxy) is 1.